The van der Waals surface area contributed by atoms with Crippen LogP contribution >= 0.6 is 0 Å². The summed E-state index contributed by atoms with van der Waals surface area (Å²) in [4.78, 5) is 14.6. The van der Waals surface area contributed by atoms with Crippen molar-refractivity contribution in [1.82, 2.24) is 0 Å². The molecular weight excluding hydrogens is 595 g/mol. The third-order valence-corrected chi connectivity index (χ3v) is 8.44. The van der Waals surface area contributed by atoms with Gasteiger partial charge in [0.05, 0.1) is 6.54 Å². The lowest BCUT2D eigenvalue weighted by atomic mass is 9.92. The lowest BCUT2D eigenvalue weighted by Gasteiger charge is -2.14. The SMILES string of the molecule is C=CC(/C=C\C)=C(/C=C/c1ccccc1)c1cc(/C(N=C)=N/C(=N\Cc2ccccc2)c2ccc(-c3ccccc3C)c(C)c2)ccc1C. The second-order valence-corrected chi connectivity index (χ2v) is 11.9. The minimum atomic E-state index is 0.491. The van der Waals surface area contributed by atoms with Gasteiger partial charge in [0.2, 0.25) is 0 Å². The van der Waals surface area contributed by atoms with E-state index in [1.54, 1.807) is 0 Å². The molecule has 0 radical (unpaired) electrons. The van der Waals surface area contributed by atoms with Gasteiger partial charge in [-0.2, -0.15) is 0 Å². The van der Waals surface area contributed by atoms with Gasteiger partial charge < -0.3 is 0 Å². The summed E-state index contributed by atoms with van der Waals surface area (Å²) in [5.41, 5.74) is 13.1. The van der Waals surface area contributed by atoms with E-state index in [-0.39, 0.29) is 0 Å². The summed E-state index contributed by atoms with van der Waals surface area (Å²) in [6.07, 6.45) is 10.3. The lowest BCUT2D eigenvalue weighted by molar-refractivity contribution is 1.06. The van der Waals surface area contributed by atoms with Gasteiger partial charge in [-0.1, -0.05) is 146 Å². The molecule has 242 valence electrons. The molecule has 3 heteroatoms. The molecule has 0 bridgehead atoms. The Morgan fingerprint density at radius 2 is 1.31 bits per heavy atom. The van der Waals surface area contributed by atoms with E-state index < -0.39 is 0 Å². The van der Waals surface area contributed by atoms with Gasteiger partial charge in [-0.3, -0.25) is 4.99 Å². The van der Waals surface area contributed by atoms with Gasteiger partial charge >= 0.3 is 0 Å². The highest BCUT2D eigenvalue weighted by Gasteiger charge is 2.14. The number of hydrogen-bond donors (Lipinski definition) is 0. The molecule has 0 heterocycles. The van der Waals surface area contributed by atoms with Crippen molar-refractivity contribution in [2.45, 2.75) is 34.2 Å². The molecule has 5 aromatic rings. The Hall–Kier alpha value is -5.93. The Balaban J connectivity index is 1.62. The molecule has 49 heavy (non-hydrogen) atoms. The maximum absolute atomic E-state index is 5.11. The standard InChI is InChI=1S/C46H43N3/c1-7-17-38(8-2)43(28-25-36-19-11-9-12-20-36)44-31-40(26-24-34(44)4)45(47-6)49-46(48-32-37-21-13-10-14-22-37)39-27-29-42(35(5)30-39)41-23-16-15-18-33(41)3/h7-31H,2,6,32H2,1,3-5H3/b17-7-,28-25+,43-38+,48-46-,49-45-. The number of rotatable bonds is 10. The van der Waals surface area contributed by atoms with Crippen LogP contribution < -0.4 is 0 Å². The average molecular weight is 638 g/mol. The molecule has 0 aliphatic carbocycles. The third-order valence-electron chi connectivity index (χ3n) is 8.44. The van der Waals surface area contributed by atoms with Gasteiger partial charge in [0, 0.05) is 11.1 Å². The number of aryl methyl sites for hydroxylation is 3. The minimum absolute atomic E-state index is 0.491. The first-order chi connectivity index (χ1) is 23.9. The summed E-state index contributed by atoms with van der Waals surface area (Å²) in [5, 5.41) is 0. The predicted molar refractivity (Wildman–Crippen MR) is 213 cm³/mol. The molecular formula is C46H43N3. The Kier molecular flexibility index (Phi) is 11.8. The number of hydrogen-bond acceptors (Lipinski definition) is 1. The molecule has 0 unspecified atom stereocenters. The molecule has 0 aliphatic rings. The quantitative estimate of drug-likeness (QED) is 0.0830. The smallest absolute Gasteiger partial charge is 0.161 e. The molecule has 0 N–H and O–H groups in total. The zero-order valence-corrected chi connectivity index (χ0v) is 28.9. The molecule has 0 aliphatic heterocycles. The van der Waals surface area contributed by atoms with E-state index >= 15 is 0 Å². The van der Waals surface area contributed by atoms with Gasteiger partial charge in [0.25, 0.3) is 0 Å². The van der Waals surface area contributed by atoms with E-state index in [1.807, 2.05) is 55.5 Å². The minimum Gasteiger partial charge on any atom is -0.261 e. The van der Waals surface area contributed by atoms with Gasteiger partial charge in [0.1, 0.15) is 0 Å². The summed E-state index contributed by atoms with van der Waals surface area (Å²) >= 11 is 0. The second-order valence-electron chi connectivity index (χ2n) is 11.9. The van der Waals surface area contributed by atoms with E-state index in [9.17, 15) is 0 Å². The molecule has 0 fully saturated rings. The number of aliphatic imine (C=N–C) groups is 3. The largest absolute Gasteiger partial charge is 0.261 e. The Morgan fingerprint density at radius 3 is 1.98 bits per heavy atom. The van der Waals surface area contributed by atoms with Crippen molar-refractivity contribution in [3.8, 4) is 11.1 Å². The van der Waals surface area contributed by atoms with Gasteiger partial charge in [-0.05, 0) is 102 Å². The maximum atomic E-state index is 5.11. The van der Waals surface area contributed by atoms with Gasteiger partial charge in [-0.15, -0.1) is 0 Å². The first-order valence-corrected chi connectivity index (χ1v) is 16.6. The molecule has 0 aromatic heterocycles. The molecule has 0 atom stereocenters. The number of benzene rings is 5. The highest BCUT2D eigenvalue weighted by atomic mass is 15.0. The number of allylic oxidation sites excluding steroid dienone is 6. The van der Waals surface area contributed by atoms with E-state index in [0.717, 1.165) is 50.1 Å². The van der Waals surface area contributed by atoms with Gasteiger partial charge in [-0.25, -0.2) is 9.98 Å². The third kappa shape index (κ3) is 8.71. The molecule has 0 saturated carbocycles. The van der Waals surface area contributed by atoms with Crippen LogP contribution in [0.3, 0.4) is 0 Å². The van der Waals surface area contributed by atoms with Crippen molar-refractivity contribution in [1.29, 1.82) is 0 Å². The van der Waals surface area contributed by atoms with Crippen LogP contribution in [0.15, 0.2) is 173 Å². The van der Waals surface area contributed by atoms with Gasteiger partial charge in [0.15, 0.2) is 11.7 Å². The number of nitrogens with zero attached hydrogens (tertiary/aromatic N) is 3. The molecule has 0 saturated heterocycles. The molecule has 3 nitrogen and oxygen atoms in total. The Morgan fingerprint density at radius 1 is 0.653 bits per heavy atom. The Bertz CT molecular complexity index is 2090. The Labute approximate surface area is 291 Å². The van der Waals surface area contributed by atoms with Crippen LogP contribution in [0, 0.1) is 20.8 Å². The van der Waals surface area contributed by atoms with Crippen molar-refractivity contribution in [3.05, 3.63) is 202 Å². The average Bonchev–Trinajstić information content (AvgIpc) is 3.13. The van der Waals surface area contributed by atoms with Crippen LogP contribution in [0.4, 0.5) is 0 Å². The first kappa shape index (κ1) is 34.4. The second kappa shape index (κ2) is 16.8. The first-order valence-electron chi connectivity index (χ1n) is 16.6. The van der Waals surface area contributed by atoms with E-state index in [1.165, 1.54) is 16.7 Å². The van der Waals surface area contributed by atoms with Crippen molar-refractivity contribution < 1.29 is 0 Å². The van der Waals surface area contributed by atoms with Crippen molar-refractivity contribution >= 4 is 30.0 Å². The topological polar surface area (TPSA) is 37.1 Å². The van der Waals surface area contributed by atoms with Crippen LogP contribution in [-0.4, -0.2) is 18.4 Å². The number of amidine groups is 2. The summed E-state index contributed by atoms with van der Waals surface area (Å²) in [6.45, 7) is 17.0. The molecule has 5 rings (SSSR count). The zero-order valence-electron chi connectivity index (χ0n) is 28.9. The summed E-state index contributed by atoms with van der Waals surface area (Å²) in [7, 11) is 0. The summed E-state index contributed by atoms with van der Waals surface area (Å²) in [5.74, 6) is 1.11. The van der Waals surface area contributed by atoms with Crippen molar-refractivity contribution in [3.63, 3.8) is 0 Å². The predicted octanol–water partition coefficient (Wildman–Crippen LogP) is 11.6. The molecule has 0 amide bonds. The van der Waals surface area contributed by atoms with Crippen LogP contribution in [0.1, 0.15) is 51.4 Å². The monoisotopic (exact) mass is 637 g/mol. The lowest BCUT2D eigenvalue weighted by Crippen LogP contribution is -2.07. The molecule has 5 aromatic carbocycles. The van der Waals surface area contributed by atoms with Crippen molar-refractivity contribution in [2.75, 3.05) is 0 Å². The van der Waals surface area contributed by atoms with Crippen LogP contribution in [-0.2, 0) is 6.54 Å². The van der Waals surface area contributed by atoms with Crippen LogP contribution in [0.25, 0.3) is 22.8 Å². The zero-order chi connectivity index (χ0) is 34.6. The van der Waals surface area contributed by atoms with Crippen molar-refractivity contribution in [2.24, 2.45) is 15.0 Å². The normalized spacial score (nSPS) is 12.7. The van der Waals surface area contributed by atoms with E-state index in [2.05, 4.69) is 142 Å². The van der Waals surface area contributed by atoms with E-state index in [4.69, 9.17) is 9.98 Å². The highest BCUT2D eigenvalue weighted by Crippen LogP contribution is 2.29. The fraction of sp³-hybridized carbons (Fsp3) is 0.109. The van der Waals surface area contributed by atoms with Crippen LogP contribution in [0.2, 0.25) is 0 Å². The molecule has 0 spiro atoms. The summed E-state index contributed by atoms with van der Waals surface area (Å²) in [6, 6.07) is 41.7. The highest BCUT2D eigenvalue weighted by molar-refractivity contribution is 6.13. The fourth-order valence-electron chi connectivity index (χ4n) is 5.80. The maximum Gasteiger partial charge on any atom is 0.161 e. The fourth-order valence-corrected chi connectivity index (χ4v) is 5.80. The van der Waals surface area contributed by atoms with E-state index in [0.29, 0.717) is 18.2 Å². The van der Waals surface area contributed by atoms with Crippen LogP contribution in [0.5, 0.6) is 0 Å². The summed E-state index contributed by atoms with van der Waals surface area (Å²) < 4.78 is 0.